The van der Waals surface area contributed by atoms with E-state index in [4.69, 9.17) is 27.9 Å². The largest absolute Gasteiger partial charge is 0.484 e. The van der Waals surface area contributed by atoms with Crippen molar-refractivity contribution >= 4 is 40.7 Å². The van der Waals surface area contributed by atoms with E-state index in [2.05, 4.69) is 5.32 Å². The van der Waals surface area contributed by atoms with Crippen molar-refractivity contribution in [1.29, 1.82) is 0 Å². The van der Waals surface area contributed by atoms with Crippen LogP contribution in [0.4, 0.5) is 10.1 Å². The zero-order valence-electron chi connectivity index (χ0n) is 16.1. The molecule has 0 aromatic heterocycles. The van der Waals surface area contributed by atoms with Gasteiger partial charge in [-0.15, -0.1) is 0 Å². The first-order valence-electron chi connectivity index (χ1n) is 9.43. The molecule has 31 heavy (non-hydrogen) atoms. The number of amides is 2. The molecule has 0 fully saturated rings. The molecule has 0 saturated heterocycles. The van der Waals surface area contributed by atoms with Gasteiger partial charge < -0.3 is 15.0 Å². The van der Waals surface area contributed by atoms with E-state index in [1.807, 2.05) is 0 Å². The van der Waals surface area contributed by atoms with Gasteiger partial charge in [-0.3, -0.25) is 9.59 Å². The average molecular weight is 459 g/mol. The standard InChI is InChI=1S/C23H17Cl2FN2O3/c24-15-3-8-18(9-4-15)31-13-22(30)28-12-21(29)27-20-11-16(25)5-10-19(20)23(28)14-1-6-17(26)7-2-14/h1-11,23H,12-13H2,(H,27,29). The maximum atomic E-state index is 13.5. The van der Waals surface area contributed by atoms with Crippen LogP contribution < -0.4 is 10.1 Å². The second kappa shape index (κ2) is 8.96. The first-order valence-corrected chi connectivity index (χ1v) is 10.2. The number of nitrogens with zero attached hydrogens (tertiary/aromatic N) is 1. The van der Waals surface area contributed by atoms with Crippen molar-refractivity contribution in [2.45, 2.75) is 6.04 Å². The third-order valence-electron chi connectivity index (χ3n) is 4.89. The number of fused-ring (bicyclic) bond motifs is 1. The first kappa shape index (κ1) is 21.2. The highest BCUT2D eigenvalue weighted by Crippen LogP contribution is 2.37. The zero-order chi connectivity index (χ0) is 22.0. The van der Waals surface area contributed by atoms with Crippen LogP contribution in [0, 0.1) is 5.82 Å². The SMILES string of the molecule is O=C1CN(C(=O)COc2ccc(Cl)cc2)C(c2ccc(F)cc2)c2ccc(Cl)cc2N1. The number of hydrogen-bond acceptors (Lipinski definition) is 3. The number of benzene rings is 3. The Morgan fingerprint density at radius 2 is 1.71 bits per heavy atom. The van der Waals surface area contributed by atoms with Crippen LogP contribution in [-0.2, 0) is 9.59 Å². The highest BCUT2D eigenvalue weighted by Gasteiger charge is 2.33. The molecule has 1 heterocycles. The maximum Gasteiger partial charge on any atom is 0.261 e. The molecule has 0 bridgehead atoms. The highest BCUT2D eigenvalue weighted by molar-refractivity contribution is 6.31. The van der Waals surface area contributed by atoms with Crippen molar-refractivity contribution in [3.05, 3.63) is 93.7 Å². The fourth-order valence-corrected chi connectivity index (χ4v) is 3.77. The predicted octanol–water partition coefficient (Wildman–Crippen LogP) is 5.08. The lowest BCUT2D eigenvalue weighted by atomic mass is 9.96. The Morgan fingerprint density at radius 3 is 2.42 bits per heavy atom. The van der Waals surface area contributed by atoms with Crippen LogP contribution in [0.1, 0.15) is 17.2 Å². The predicted molar refractivity (Wildman–Crippen MR) is 117 cm³/mol. The molecule has 0 aliphatic carbocycles. The van der Waals surface area contributed by atoms with Crippen LogP contribution >= 0.6 is 23.2 Å². The second-order valence-electron chi connectivity index (χ2n) is 7.00. The van der Waals surface area contributed by atoms with E-state index in [1.165, 1.54) is 17.0 Å². The number of anilines is 1. The summed E-state index contributed by atoms with van der Waals surface area (Å²) in [6.07, 6.45) is 0. The van der Waals surface area contributed by atoms with E-state index in [0.717, 1.165) is 0 Å². The van der Waals surface area contributed by atoms with Gasteiger partial charge in [-0.1, -0.05) is 41.4 Å². The van der Waals surface area contributed by atoms with Crippen LogP contribution in [0.2, 0.25) is 10.0 Å². The summed E-state index contributed by atoms with van der Waals surface area (Å²) in [6.45, 7) is -0.479. The van der Waals surface area contributed by atoms with Crippen molar-refractivity contribution in [3.63, 3.8) is 0 Å². The number of carbonyl (C=O) groups excluding carboxylic acids is 2. The maximum absolute atomic E-state index is 13.5. The van der Waals surface area contributed by atoms with Gasteiger partial charge in [0.25, 0.3) is 5.91 Å². The third-order valence-corrected chi connectivity index (χ3v) is 5.38. The second-order valence-corrected chi connectivity index (χ2v) is 7.87. The zero-order valence-corrected chi connectivity index (χ0v) is 17.7. The molecule has 3 aromatic carbocycles. The van der Waals surface area contributed by atoms with E-state index in [0.29, 0.717) is 32.6 Å². The van der Waals surface area contributed by atoms with Crippen LogP contribution in [0.25, 0.3) is 0 Å². The lowest BCUT2D eigenvalue weighted by Gasteiger charge is -2.30. The van der Waals surface area contributed by atoms with E-state index in [9.17, 15) is 14.0 Å². The van der Waals surface area contributed by atoms with Crippen LogP contribution in [0.3, 0.4) is 0 Å². The lowest BCUT2D eigenvalue weighted by Crippen LogP contribution is -2.41. The molecule has 4 rings (SSSR count). The molecular weight excluding hydrogens is 442 g/mol. The Morgan fingerprint density at radius 1 is 1.03 bits per heavy atom. The summed E-state index contributed by atoms with van der Waals surface area (Å²) >= 11 is 12.0. The number of nitrogens with one attached hydrogen (secondary N) is 1. The Balaban J connectivity index is 1.69. The molecule has 5 nitrogen and oxygen atoms in total. The molecule has 1 N–H and O–H groups in total. The Hall–Kier alpha value is -3.09. The number of hydrogen-bond donors (Lipinski definition) is 1. The van der Waals surface area contributed by atoms with Crippen molar-refractivity contribution < 1.29 is 18.7 Å². The summed E-state index contributed by atoms with van der Waals surface area (Å²) in [5, 5.41) is 3.79. The summed E-state index contributed by atoms with van der Waals surface area (Å²) < 4.78 is 19.1. The Labute approximate surface area is 188 Å². The number of halogens is 3. The highest BCUT2D eigenvalue weighted by atomic mass is 35.5. The summed E-state index contributed by atoms with van der Waals surface area (Å²) in [5.74, 6) is -0.690. The molecular formula is C23H17Cl2FN2O3. The van der Waals surface area contributed by atoms with Crippen LogP contribution in [0.5, 0.6) is 5.75 Å². The molecule has 1 atom stereocenters. The van der Waals surface area contributed by atoms with E-state index < -0.39 is 17.8 Å². The average Bonchev–Trinajstić information content (AvgIpc) is 2.89. The molecule has 0 radical (unpaired) electrons. The Bertz CT molecular complexity index is 1120. The molecule has 0 saturated carbocycles. The molecule has 158 valence electrons. The first-order chi connectivity index (χ1) is 14.9. The van der Waals surface area contributed by atoms with E-state index in [1.54, 1.807) is 54.6 Å². The van der Waals surface area contributed by atoms with Crippen molar-refractivity contribution in [2.24, 2.45) is 0 Å². The fourth-order valence-electron chi connectivity index (χ4n) is 3.47. The van der Waals surface area contributed by atoms with Crippen LogP contribution in [0.15, 0.2) is 66.7 Å². The molecule has 1 aliphatic heterocycles. The summed E-state index contributed by atoms with van der Waals surface area (Å²) in [6, 6.07) is 16.9. The lowest BCUT2D eigenvalue weighted by molar-refractivity contribution is -0.138. The van der Waals surface area contributed by atoms with Crippen molar-refractivity contribution in [2.75, 3.05) is 18.5 Å². The van der Waals surface area contributed by atoms with Gasteiger partial charge in [0.05, 0.1) is 6.04 Å². The van der Waals surface area contributed by atoms with Crippen molar-refractivity contribution in [3.8, 4) is 5.75 Å². The van der Waals surface area contributed by atoms with Gasteiger partial charge in [0, 0.05) is 21.3 Å². The molecule has 0 spiro atoms. The van der Waals surface area contributed by atoms with Gasteiger partial charge in [0.2, 0.25) is 5.91 Å². The smallest absolute Gasteiger partial charge is 0.261 e. The minimum absolute atomic E-state index is 0.197. The number of carbonyl (C=O) groups is 2. The minimum atomic E-state index is -0.631. The molecule has 1 unspecified atom stereocenters. The molecule has 8 heteroatoms. The normalized spacial score (nSPS) is 15.6. The van der Waals surface area contributed by atoms with Gasteiger partial charge in [-0.25, -0.2) is 4.39 Å². The summed E-state index contributed by atoms with van der Waals surface area (Å²) in [5.41, 5.74) is 1.82. The summed E-state index contributed by atoms with van der Waals surface area (Å²) in [7, 11) is 0. The van der Waals surface area contributed by atoms with Gasteiger partial charge in [0.1, 0.15) is 18.1 Å². The Kier molecular flexibility index (Phi) is 6.11. The monoisotopic (exact) mass is 458 g/mol. The van der Waals surface area contributed by atoms with Gasteiger partial charge in [-0.2, -0.15) is 0 Å². The van der Waals surface area contributed by atoms with E-state index >= 15 is 0 Å². The van der Waals surface area contributed by atoms with Crippen molar-refractivity contribution in [1.82, 2.24) is 4.90 Å². The topological polar surface area (TPSA) is 58.6 Å². The van der Waals surface area contributed by atoms with Gasteiger partial charge >= 0.3 is 0 Å². The fraction of sp³-hybridized carbons (Fsp3) is 0.130. The van der Waals surface area contributed by atoms with Gasteiger partial charge in [0.15, 0.2) is 6.61 Å². The third kappa shape index (κ3) is 4.81. The quantitative estimate of drug-likeness (QED) is 0.592. The minimum Gasteiger partial charge on any atom is -0.484 e. The molecule has 1 aliphatic rings. The molecule has 2 amide bonds. The van der Waals surface area contributed by atoms with Crippen LogP contribution in [-0.4, -0.2) is 29.9 Å². The van der Waals surface area contributed by atoms with Gasteiger partial charge in [-0.05, 0) is 54.1 Å². The van der Waals surface area contributed by atoms with E-state index in [-0.39, 0.29) is 19.1 Å². The number of rotatable bonds is 4. The number of ether oxygens (including phenoxy) is 1. The summed E-state index contributed by atoms with van der Waals surface area (Å²) in [4.78, 5) is 27.1. The molecule has 3 aromatic rings.